The van der Waals surface area contributed by atoms with Crippen LogP contribution in [0.4, 0.5) is 0 Å². The number of hydrogen-bond donors (Lipinski definition) is 2. The smallest absolute Gasteiger partial charge is 0.335 e. The molecule has 1 unspecified atom stereocenters. The van der Waals surface area contributed by atoms with E-state index in [0.29, 0.717) is 12.1 Å². The zero-order valence-electron chi connectivity index (χ0n) is 9.18. The van der Waals surface area contributed by atoms with Gasteiger partial charge in [-0.25, -0.2) is 4.79 Å². The predicted molar refractivity (Wildman–Crippen MR) is 59.3 cm³/mol. The second-order valence-electron chi connectivity index (χ2n) is 4.09. The number of hydrogen-bond acceptors (Lipinski definition) is 3. The van der Waals surface area contributed by atoms with Crippen LogP contribution >= 0.6 is 0 Å². The molecule has 1 heterocycles. The standard InChI is InChI=1S/C12H15NO3/c1-8-11-6-9(12(15)16)2-3-10(11)7-13(8)4-5-14/h2-3,6,8,14H,4-5,7H2,1H3,(H,15,16). The van der Waals surface area contributed by atoms with Gasteiger partial charge >= 0.3 is 5.97 Å². The first kappa shape index (κ1) is 11.1. The summed E-state index contributed by atoms with van der Waals surface area (Å²) in [6.45, 7) is 3.58. The molecule has 4 nitrogen and oxygen atoms in total. The van der Waals surface area contributed by atoms with Crippen LogP contribution in [0.25, 0.3) is 0 Å². The molecule has 0 spiro atoms. The molecule has 0 fully saturated rings. The van der Waals surface area contributed by atoms with Gasteiger partial charge < -0.3 is 10.2 Å². The monoisotopic (exact) mass is 221 g/mol. The number of rotatable bonds is 3. The van der Waals surface area contributed by atoms with Gasteiger partial charge in [0.05, 0.1) is 12.2 Å². The fraction of sp³-hybridized carbons (Fsp3) is 0.417. The summed E-state index contributed by atoms with van der Waals surface area (Å²) in [6, 6.07) is 5.42. The van der Waals surface area contributed by atoms with Gasteiger partial charge in [0.25, 0.3) is 0 Å². The Balaban J connectivity index is 2.30. The molecule has 0 aliphatic carbocycles. The second-order valence-corrected chi connectivity index (χ2v) is 4.09. The average Bonchev–Trinajstić information content (AvgIpc) is 2.56. The van der Waals surface area contributed by atoms with E-state index in [1.165, 1.54) is 0 Å². The van der Waals surface area contributed by atoms with Crippen molar-refractivity contribution in [3.8, 4) is 0 Å². The van der Waals surface area contributed by atoms with E-state index in [2.05, 4.69) is 4.90 Å². The zero-order valence-corrected chi connectivity index (χ0v) is 9.18. The van der Waals surface area contributed by atoms with Crippen LogP contribution in [0, 0.1) is 0 Å². The molecule has 0 bridgehead atoms. The molecule has 86 valence electrons. The summed E-state index contributed by atoms with van der Waals surface area (Å²) in [5.41, 5.74) is 2.55. The van der Waals surface area contributed by atoms with Crippen molar-refractivity contribution in [2.45, 2.75) is 19.5 Å². The maximum absolute atomic E-state index is 10.9. The molecule has 4 heteroatoms. The largest absolute Gasteiger partial charge is 0.478 e. The van der Waals surface area contributed by atoms with Crippen LogP contribution in [-0.2, 0) is 6.54 Å². The Bertz CT molecular complexity index is 417. The van der Waals surface area contributed by atoms with Gasteiger partial charge in [0.15, 0.2) is 0 Å². The van der Waals surface area contributed by atoms with E-state index in [1.54, 1.807) is 12.1 Å². The molecule has 2 rings (SSSR count). The normalized spacial score (nSPS) is 19.8. The van der Waals surface area contributed by atoms with Crippen molar-refractivity contribution in [3.63, 3.8) is 0 Å². The van der Waals surface area contributed by atoms with Crippen molar-refractivity contribution in [1.29, 1.82) is 0 Å². The van der Waals surface area contributed by atoms with Crippen molar-refractivity contribution in [2.75, 3.05) is 13.2 Å². The fourth-order valence-corrected chi connectivity index (χ4v) is 2.21. The van der Waals surface area contributed by atoms with Gasteiger partial charge in [0.2, 0.25) is 0 Å². The summed E-state index contributed by atoms with van der Waals surface area (Å²) >= 11 is 0. The third-order valence-corrected chi connectivity index (χ3v) is 3.15. The Morgan fingerprint density at radius 1 is 1.56 bits per heavy atom. The average molecular weight is 221 g/mol. The minimum absolute atomic E-state index is 0.129. The zero-order chi connectivity index (χ0) is 11.7. The number of fused-ring (bicyclic) bond motifs is 1. The van der Waals surface area contributed by atoms with E-state index in [0.717, 1.165) is 17.7 Å². The van der Waals surface area contributed by atoms with Gasteiger partial charge in [-0.1, -0.05) is 6.07 Å². The van der Waals surface area contributed by atoms with E-state index in [-0.39, 0.29) is 12.6 Å². The van der Waals surface area contributed by atoms with Crippen molar-refractivity contribution < 1.29 is 15.0 Å². The van der Waals surface area contributed by atoms with Crippen LogP contribution in [0.15, 0.2) is 18.2 Å². The third kappa shape index (κ3) is 1.81. The van der Waals surface area contributed by atoms with Crippen LogP contribution in [-0.4, -0.2) is 34.2 Å². The Morgan fingerprint density at radius 2 is 2.31 bits per heavy atom. The van der Waals surface area contributed by atoms with E-state index in [4.69, 9.17) is 10.2 Å². The van der Waals surface area contributed by atoms with Crippen LogP contribution in [0.5, 0.6) is 0 Å². The van der Waals surface area contributed by atoms with Gasteiger partial charge in [0, 0.05) is 19.1 Å². The van der Waals surface area contributed by atoms with Crippen LogP contribution < -0.4 is 0 Å². The molecule has 1 aromatic carbocycles. The molecule has 2 N–H and O–H groups in total. The molecule has 0 saturated heterocycles. The number of carbonyl (C=O) groups is 1. The number of nitrogens with zero attached hydrogens (tertiary/aromatic N) is 1. The number of β-amino-alcohol motifs (C(OH)–C–C–N with tert-alkyl or cyclic N) is 1. The summed E-state index contributed by atoms with van der Waals surface area (Å²) in [6.07, 6.45) is 0. The van der Waals surface area contributed by atoms with Crippen molar-refractivity contribution >= 4 is 5.97 Å². The molecule has 0 aromatic heterocycles. The number of aromatic carboxylic acids is 1. The maximum Gasteiger partial charge on any atom is 0.335 e. The van der Waals surface area contributed by atoms with E-state index in [1.807, 2.05) is 13.0 Å². The first-order valence-corrected chi connectivity index (χ1v) is 5.34. The molecular formula is C12H15NO3. The lowest BCUT2D eigenvalue weighted by molar-refractivity contribution is 0.0696. The second kappa shape index (κ2) is 4.23. The summed E-state index contributed by atoms with van der Waals surface area (Å²) < 4.78 is 0. The molecule has 1 aliphatic rings. The van der Waals surface area contributed by atoms with E-state index < -0.39 is 5.97 Å². The highest BCUT2D eigenvalue weighted by molar-refractivity contribution is 5.88. The first-order valence-electron chi connectivity index (χ1n) is 5.34. The molecular weight excluding hydrogens is 206 g/mol. The minimum Gasteiger partial charge on any atom is -0.478 e. The summed E-state index contributed by atoms with van der Waals surface area (Å²) in [7, 11) is 0. The number of benzene rings is 1. The van der Waals surface area contributed by atoms with Gasteiger partial charge in [-0.3, -0.25) is 4.90 Å². The van der Waals surface area contributed by atoms with Crippen LogP contribution in [0.3, 0.4) is 0 Å². The lowest BCUT2D eigenvalue weighted by Gasteiger charge is -2.19. The lowest BCUT2D eigenvalue weighted by atomic mass is 10.0. The predicted octanol–water partition coefficient (Wildman–Crippen LogP) is 1.25. The highest BCUT2D eigenvalue weighted by Crippen LogP contribution is 2.33. The van der Waals surface area contributed by atoms with Crippen LogP contribution in [0.1, 0.15) is 34.5 Å². The van der Waals surface area contributed by atoms with Crippen LogP contribution in [0.2, 0.25) is 0 Å². The first-order chi connectivity index (χ1) is 7.63. The molecule has 1 aliphatic heterocycles. The summed E-state index contributed by atoms with van der Waals surface area (Å²) in [5.74, 6) is -0.893. The molecule has 0 radical (unpaired) electrons. The lowest BCUT2D eigenvalue weighted by Crippen LogP contribution is -2.23. The van der Waals surface area contributed by atoms with Gasteiger partial charge in [-0.2, -0.15) is 0 Å². The number of aliphatic hydroxyl groups is 1. The quantitative estimate of drug-likeness (QED) is 0.806. The van der Waals surface area contributed by atoms with Crippen molar-refractivity contribution in [1.82, 2.24) is 4.90 Å². The summed E-state index contributed by atoms with van der Waals surface area (Å²) in [5, 5.41) is 17.8. The third-order valence-electron chi connectivity index (χ3n) is 3.15. The maximum atomic E-state index is 10.9. The van der Waals surface area contributed by atoms with Crippen molar-refractivity contribution in [2.24, 2.45) is 0 Å². The number of carboxylic acid groups (broad SMARTS) is 1. The Kier molecular flexibility index (Phi) is 2.94. The number of aliphatic hydroxyl groups excluding tert-OH is 1. The van der Waals surface area contributed by atoms with Gasteiger partial charge in [-0.15, -0.1) is 0 Å². The molecule has 16 heavy (non-hydrogen) atoms. The molecule has 1 atom stereocenters. The Morgan fingerprint density at radius 3 is 2.94 bits per heavy atom. The SMILES string of the molecule is CC1c2cc(C(=O)O)ccc2CN1CCO. The topological polar surface area (TPSA) is 60.8 Å². The summed E-state index contributed by atoms with van der Waals surface area (Å²) in [4.78, 5) is 13.0. The van der Waals surface area contributed by atoms with E-state index >= 15 is 0 Å². The highest BCUT2D eigenvalue weighted by Gasteiger charge is 2.26. The molecule has 0 amide bonds. The Labute approximate surface area is 94.1 Å². The van der Waals surface area contributed by atoms with Crippen molar-refractivity contribution in [3.05, 3.63) is 34.9 Å². The van der Waals surface area contributed by atoms with E-state index in [9.17, 15) is 4.79 Å². The highest BCUT2D eigenvalue weighted by atomic mass is 16.4. The van der Waals surface area contributed by atoms with Gasteiger partial charge in [-0.05, 0) is 30.2 Å². The molecule has 0 saturated carbocycles. The minimum atomic E-state index is -0.893. The number of carboxylic acids is 1. The fourth-order valence-electron chi connectivity index (χ4n) is 2.21. The Hall–Kier alpha value is -1.39. The molecule has 1 aromatic rings. The van der Waals surface area contributed by atoms with Gasteiger partial charge in [0.1, 0.15) is 0 Å².